The number of hydrogen-bond donors (Lipinski definition) is 2. The molecule has 2 N–H and O–H groups in total. The molecule has 0 bridgehead atoms. The molecule has 16 heavy (non-hydrogen) atoms. The number of benzene rings is 1. The van der Waals surface area contributed by atoms with Gasteiger partial charge in [-0.05, 0) is 30.5 Å². The molecular weight excluding hydrogens is 202 g/mol. The highest BCUT2D eigenvalue weighted by Gasteiger charge is 2.08. The van der Waals surface area contributed by atoms with Crippen LogP contribution in [0.3, 0.4) is 0 Å². The van der Waals surface area contributed by atoms with Gasteiger partial charge in [0.1, 0.15) is 5.75 Å². The topological polar surface area (TPSA) is 49.3 Å². The number of carbonyl (C=O) groups is 1. The lowest BCUT2D eigenvalue weighted by Gasteiger charge is -2.09. The maximum Gasteiger partial charge on any atom is 0.222 e. The van der Waals surface area contributed by atoms with Gasteiger partial charge >= 0.3 is 0 Å². The molecule has 1 amide bonds. The fourth-order valence-electron chi connectivity index (χ4n) is 1.35. The molecular formula is C13H19NO2. The van der Waals surface area contributed by atoms with Crippen molar-refractivity contribution >= 4 is 5.91 Å². The lowest BCUT2D eigenvalue weighted by Crippen LogP contribution is -2.30. The number of phenols is 1. The van der Waals surface area contributed by atoms with Crippen LogP contribution in [0.1, 0.15) is 25.8 Å². The highest BCUT2D eigenvalue weighted by atomic mass is 16.3. The number of phenolic OH excluding ortho intramolecular Hbond substituents is 1. The molecule has 1 aromatic rings. The van der Waals surface area contributed by atoms with E-state index in [0.717, 1.165) is 18.4 Å². The smallest absolute Gasteiger partial charge is 0.222 e. The van der Waals surface area contributed by atoms with Crippen LogP contribution in [0.5, 0.6) is 5.75 Å². The third-order valence-corrected chi connectivity index (χ3v) is 2.71. The van der Waals surface area contributed by atoms with E-state index in [-0.39, 0.29) is 17.6 Å². The number of rotatable bonds is 5. The zero-order valence-electron chi connectivity index (χ0n) is 9.86. The Balaban J connectivity index is 2.30. The van der Waals surface area contributed by atoms with E-state index in [1.165, 1.54) is 0 Å². The normalized spacial score (nSPS) is 12.1. The molecule has 0 heterocycles. The molecule has 88 valence electrons. The Morgan fingerprint density at radius 1 is 1.38 bits per heavy atom. The van der Waals surface area contributed by atoms with Gasteiger partial charge in [-0.15, -0.1) is 0 Å². The van der Waals surface area contributed by atoms with Crippen LogP contribution in [0, 0.1) is 5.92 Å². The summed E-state index contributed by atoms with van der Waals surface area (Å²) in [5, 5.41) is 12.0. The largest absolute Gasteiger partial charge is 0.508 e. The van der Waals surface area contributed by atoms with Gasteiger partial charge in [0.05, 0.1) is 0 Å². The van der Waals surface area contributed by atoms with Crippen molar-refractivity contribution in [3.05, 3.63) is 29.8 Å². The molecule has 1 aromatic carbocycles. The molecule has 0 aliphatic carbocycles. The minimum Gasteiger partial charge on any atom is -0.508 e. The number of amides is 1. The second-order valence-electron chi connectivity index (χ2n) is 4.02. The summed E-state index contributed by atoms with van der Waals surface area (Å²) in [6.07, 6.45) is 1.66. The summed E-state index contributed by atoms with van der Waals surface area (Å²) in [4.78, 5) is 11.5. The van der Waals surface area contributed by atoms with Crippen molar-refractivity contribution in [1.82, 2.24) is 5.32 Å². The van der Waals surface area contributed by atoms with Crippen LogP contribution in [0.2, 0.25) is 0 Å². The maximum atomic E-state index is 11.5. The van der Waals surface area contributed by atoms with Crippen molar-refractivity contribution in [3.8, 4) is 5.75 Å². The van der Waals surface area contributed by atoms with Crippen LogP contribution < -0.4 is 5.32 Å². The van der Waals surface area contributed by atoms with Crippen molar-refractivity contribution in [1.29, 1.82) is 0 Å². The van der Waals surface area contributed by atoms with Gasteiger partial charge in [-0.2, -0.15) is 0 Å². The van der Waals surface area contributed by atoms with Crippen molar-refractivity contribution in [2.75, 3.05) is 6.54 Å². The fourth-order valence-corrected chi connectivity index (χ4v) is 1.35. The van der Waals surface area contributed by atoms with Crippen LogP contribution in [0.25, 0.3) is 0 Å². The molecule has 1 atom stereocenters. The number of carbonyl (C=O) groups excluding carboxylic acids is 1. The first-order valence-electron chi connectivity index (χ1n) is 5.69. The predicted octanol–water partition coefficient (Wildman–Crippen LogP) is 2.10. The molecule has 0 saturated carbocycles. The van der Waals surface area contributed by atoms with Crippen molar-refractivity contribution in [2.24, 2.45) is 5.92 Å². The molecule has 1 rings (SSSR count). The standard InChI is InChI=1S/C13H19NO2/c1-3-10(2)13(16)14-9-8-11-4-6-12(15)7-5-11/h4-7,10,15H,3,8-9H2,1-2H3,(H,14,16)/t10-/m1/s1. The lowest BCUT2D eigenvalue weighted by molar-refractivity contribution is -0.124. The van der Waals surface area contributed by atoms with Crippen molar-refractivity contribution in [3.63, 3.8) is 0 Å². The summed E-state index contributed by atoms with van der Waals surface area (Å²) in [6.45, 7) is 4.58. The minimum absolute atomic E-state index is 0.0832. The van der Waals surface area contributed by atoms with Gasteiger partial charge in [0.15, 0.2) is 0 Å². The molecule has 3 heteroatoms. The summed E-state index contributed by atoms with van der Waals surface area (Å²) in [5.41, 5.74) is 1.11. The number of hydrogen-bond acceptors (Lipinski definition) is 2. The van der Waals surface area contributed by atoms with Gasteiger partial charge in [0.25, 0.3) is 0 Å². The summed E-state index contributed by atoms with van der Waals surface area (Å²) in [7, 11) is 0. The third-order valence-electron chi connectivity index (χ3n) is 2.71. The van der Waals surface area contributed by atoms with Gasteiger partial charge in [-0.25, -0.2) is 0 Å². The van der Waals surface area contributed by atoms with E-state index in [0.29, 0.717) is 6.54 Å². The maximum absolute atomic E-state index is 11.5. The highest BCUT2D eigenvalue weighted by Crippen LogP contribution is 2.09. The SMILES string of the molecule is CC[C@@H](C)C(=O)NCCc1ccc(O)cc1. The van der Waals surface area contributed by atoms with Gasteiger partial charge in [-0.1, -0.05) is 26.0 Å². The summed E-state index contributed by atoms with van der Waals surface area (Å²) in [5.74, 6) is 0.466. The van der Waals surface area contributed by atoms with Crippen LogP contribution in [0.4, 0.5) is 0 Å². The summed E-state index contributed by atoms with van der Waals surface area (Å²) >= 11 is 0. The second kappa shape index (κ2) is 6.16. The third kappa shape index (κ3) is 3.93. The Morgan fingerprint density at radius 3 is 2.56 bits per heavy atom. The molecule has 0 aliphatic rings. The van der Waals surface area contributed by atoms with E-state index in [2.05, 4.69) is 5.32 Å². The van der Waals surface area contributed by atoms with Crippen LogP contribution in [-0.2, 0) is 11.2 Å². The molecule has 0 radical (unpaired) electrons. The van der Waals surface area contributed by atoms with Gasteiger partial charge in [0, 0.05) is 12.5 Å². The van der Waals surface area contributed by atoms with Gasteiger partial charge in [-0.3, -0.25) is 4.79 Å². The lowest BCUT2D eigenvalue weighted by atomic mass is 10.1. The Hall–Kier alpha value is -1.51. The van der Waals surface area contributed by atoms with Gasteiger partial charge in [0.2, 0.25) is 5.91 Å². The minimum atomic E-state index is 0.0832. The average Bonchev–Trinajstić information content (AvgIpc) is 2.30. The van der Waals surface area contributed by atoms with Crippen LogP contribution in [0.15, 0.2) is 24.3 Å². The molecule has 0 aliphatic heterocycles. The molecule has 3 nitrogen and oxygen atoms in total. The number of aromatic hydroxyl groups is 1. The van der Waals surface area contributed by atoms with E-state index >= 15 is 0 Å². The van der Waals surface area contributed by atoms with E-state index < -0.39 is 0 Å². The molecule has 0 unspecified atom stereocenters. The van der Waals surface area contributed by atoms with E-state index in [1.807, 2.05) is 26.0 Å². The van der Waals surface area contributed by atoms with Crippen molar-refractivity contribution in [2.45, 2.75) is 26.7 Å². The zero-order valence-corrected chi connectivity index (χ0v) is 9.86. The Labute approximate surface area is 96.5 Å². The summed E-state index contributed by atoms with van der Waals surface area (Å²) < 4.78 is 0. The second-order valence-corrected chi connectivity index (χ2v) is 4.02. The number of nitrogens with one attached hydrogen (secondary N) is 1. The Kier molecular flexibility index (Phi) is 4.83. The Morgan fingerprint density at radius 2 is 2.00 bits per heavy atom. The van der Waals surface area contributed by atoms with Gasteiger partial charge < -0.3 is 10.4 Å². The van der Waals surface area contributed by atoms with Crippen LogP contribution >= 0.6 is 0 Å². The molecule has 0 aromatic heterocycles. The van der Waals surface area contributed by atoms with Crippen molar-refractivity contribution < 1.29 is 9.90 Å². The fraction of sp³-hybridized carbons (Fsp3) is 0.462. The highest BCUT2D eigenvalue weighted by molar-refractivity contribution is 5.78. The molecule has 0 fully saturated rings. The first kappa shape index (κ1) is 12.6. The Bertz CT molecular complexity index is 332. The average molecular weight is 221 g/mol. The molecule has 0 saturated heterocycles. The molecule has 0 spiro atoms. The first-order valence-corrected chi connectivity index (χ1v) is 5.69. The first-order chi connectivity index (χ1) is 7.63. The zero-order chi connectivity index (χ0) is 12.0. The van der Waals surface area contributed by atoms with E-state index in [9.17, 15) is 4.79 Å². The quantitative estimate of drug-likeness (QED) is 0.800. The van der Waals surface area contributed by atoms with Crippen LogP contribution in [-0.4, -0.2) is 17.6 Å². The van der Waals surface area contributed by atoms with E-state index in [4.69, 9.17) is 5.11 Å². The summed E-state index contributed by atoms with van der Waals surface area (Å²) in [6, 6.07) is 7.05. The van der Waals surface area contributed by atoms with E-state index in [1.54, 1.807) is 12.1 Å². The monoisotopic (exact) mass is 221 g/mol. The predicted molar refractivity (Wildman–Crippen MR) is 64.3 cm³/mol.